The quantitative estimate of drug-likeness (QED) is 0.642. The number of anilines is 3. The van der Waals surface area contributed by atoms with E-state index < -0.39 is 5.82 Å². The molecule has 0 radical (unpaired) electrons. The third-order valence-electron chi connectivity index (χ3n) is 2.46. The minimum absolute atomic E-state index is 0.0239. The van der Waals surface area contributed by atoms with Crippen molar-refractivity contribution in [2.24, 2.45) is 0 Å². The fraction of sp³-hybridized carbons (Fsp3) is 0.0769. The van der Waals surface area contributed by atoms with Gasteiger partial charge in [-0.3, -0.25) is 0 Å². The molecule has 2 aromatic rings. The molecule has 0 spiro atoms. The van der Waals surface area contributed by atoms with E-state index in [2.05, 4.69) is 5.32 Å². The topological polar surface area (TPSA) is 38.0 Å². The lowest BCUT2D eigenvalue weighted by Gasteiger charge is -2.10. The van der Waals surface area contributed by atoms with E-state index in [0.717, 1.165) is 10.6 Å². The van der Waals surface area contributed by atoms with Gasteiger partial charge in [-0.25, -0.2) is 4.39 Å². The SMILES string of the molecule is CSc1ccc(Nc2cc(F)c(Cl)cc2N)cc1. The van der Waals surface area contributed by atoms with Crippen LogP contribution in [-0.2, 0) is 0 Å². The van der Waals surface area contributed by atoms with Crippen LogP contribution in [0.5, 0.6) is 0 Å². The average molecular weight is 283 g/mol. The Morgan fingerprint density at radius 1 is 1.22 bits per heavy atom. The molecule has 0 bridgehead atoms. The second kappa shape index (κ2) is 5.50. The van der Waals surface area contributed by atoms with Gasteiger partial charge in [0.25, 0.3) is 0 Å². The Kier molecular flexibility index (Phi) is 3.99. The van der Waals surface area contributed by atoms with Crippen molar-refractivity contribution in [3.63, 3.8) is 0 Å². The first-order valence-electron chi connectivity index (χ1n) is 5.26. The molecule has 0 amide bonds. The van der Waals surface area contributed by atoms with Crippen LogP contribution >= 0.6 is 23.4 Å². The third kappa shape index (κ3) is 2.89. The van der Waals surface area contributed by atoms with Gasteiger partial charge in [0.1, 0.15) is 5.82 Å². The van der Waals surface area contributed by atoms with Crippen LogP contribution in [0.2, 0.25) is 5.02 Å². The molecule has 2 nitrogen and oxygen atoms in total. The normalized spacial score (nSPS) is 10.4. The van der Waals surface area contributed by atoms with Crippen molar-refractivity contribution in [2.45, 2.75) is 4.90 Å². The van der Waals surface area contributed by atoms with Crippen molar-refractivity contribution < 1.29 is 4.39 Å². The van der Waals surface area contributed by atoms with E-state index in [9.17, 15) is 4.39 Å². The van der Waals surface area contributed by atoms with E-state index in [4.69, 9.17) is 17.3 Å². The van der Waals surface area contributed by atoms with Crippen molar-refractivity contribution in [1.82, 2.24) is 0 Å². The van der Waals surface area contributed by atoms with E-state index in [1.54, 1.807) is 11.8 Å². The van der Waals surface area contributed by atoms with Gasteiger partial charge in [0.05, 0.1) is 16.4 Å². The summed E-state index contributed by atoms with van der Waals surface area (Å²) in [4.78, 5) is 1.16. The molecule has 0 saturated heterocycles. The van der Waals surface area contributed by atoms with Crippen molar-refractivity contribution in [1.29, 1.82) is 0 Å². The van der Waals surface area contributed by atoms with Crippen LogP contribution in [-0.4, -0.2) is 6.26 Å². The number of halogens is 2. The largest absolute Gasteiger partial charge is 0.397 e. The highest BCUT2D eigenvalue weighted by Gasteiger charge is 2.06. The second-order valence-electron chi connectivity index (χ2n) is 3.71. The summed E-state index contributed by atoms with van der Waals surface area (Å²) in [6.07, 6.45) is 2.01. The summed E-state index contributed by atoms with van der Waals surface area (Å²) in [5.74, 6) is -0.492. The van der Waals surface area contributed by atoms with Crippen LogP contribution in [0, 0.1) is 5.82 Å². The molecular formula is C13H12ClFN2S. The highest BCUT2D eigenvalue weighted by Crippen LogP contribution is 2.29. The van der Waals surface area contributed by atoms with Crippen molar-refractivity contribution in [3.05, 3.63) is 47.2 Å². The van der Waals surface area contributed by atoms with Crippen LogP contribution < -0.4 is 11.1 Å². The van der Waals surface area contributed by atoms with Gasteiger partial charge in [-0.15, -0.1) is 11.8 Å². The number of nitrogens with two attached hydrogens (primary N) is 1. The molecule has 0 saturated carbocycles. The van der Waals surface area contributed by atoms with E-state index in [1.165, 1.54) is 12.1 Å². The van der Waals surface area contributed by atoms with E-state index in [1.807, 2.05) is 30.5 Å². The average Bonchev–Trinajstić information content (AvgIpc) is 2.37. The Morgan fingerprint density at radius 2 is 1.89 bits per heavy atom. The lowest BCUT2D eigenvalue weighted by atomic mass is 10.2. The maximum atomic E-state index is 13.3. The molecule has 0 aliphatic heterocycles. The molecule has 0 atom stereocenters. The molecule has 2 aromatic carbocycles. The zero-order chi connectivity index (χ0) is 13.1. The van der Waals surface area contributed by atoms with Gasteiger partial charge >= 0.3 is 0 Å². The maximum absolute atomic E-state index is 13.3. The van der Waals surface area contributed by atoms with Gasteiger partial charge < -0.3 is 11.1 Å². The number of benzene rings is 2. The lowest BCUT2D eigenvalue weighted by molar-refractivity contribution is 0.629. The molecule has 0 heterocycles. The predicted molar refractivity (Wildman–Crippen MR) is 77.3 cm³/mol. The Bertz CT molecular complexity index is 558. The lowest BCUT2D eigenvalue weighted by Crippen LogP contribution is -1.97. The smallest absolute Gasteiger partial charge is 0.144 e. The molecule has 0 aliphatic carbocycles. The fourth-order valence-electron chi connectivity index (χ4n) is 1.50. The van der Waals surface area contributed by atoms with Crippen molar-refractivity contribution in [3.8, 4) is 0 Å². The van der Waals surface area contributed by atoms with Gasteiger partial charge in [-0.1, -0.05) is 11.6 Å². The van der Waals surface area contributed by atoms with Gasteiger partial charge in [0.2, 0.25) is 0 Å². The Balaban J connectivity index is 2.25. The highest BCUT2D eigenvalue weighted by atomic mass is 35.5. The summed E-state index contributed by atoms with van der Waals surface area (Å²) in [5.41, 5.74) is 7.55. The van der Waals surface area contributed by atoms with Gasteiger partial charge in [0.15, 0.2) is 0 Å². The van der Waals surface area contributed by atoms with Crippen molar-refractivity contribution in [2.75, 3.05) is 17.3 Å². The zero-order valence-corrected chi connectivity index (χ0v) is 11.3. The minimum atomic E-state index is -0.492. The van der Waals surface area contributed by atoms with Crippen LogP contribution in [0.25, 0.3) is 0 Å². The first kappa shape index (κ1) is 13.1. The third-order valence-corrected chi connectivity index (χ3v) is 3.49. The van der Waals surface area contributed by atoms with E-state index >= 15 is 0 Å². The molecule has 3 N–H and O–H groups in total. The number of hydrogen-bond acceptors (Lipinski definition) is 3. The highest BCUT2D eigenvalue weighted by molar-refractivity contribution is 7.98. The Hall–Kier alpha value is -1.39. The number of thioether (sulfide) groups is 1. The summed E-state index contributed by atoms with van der Waals surface area (Å²) in [6.45, 7) is 0. The second-order valence-corrected chi connectivity index (χ2v) is 4.99. The molecule has 5 heteroatoms. The summed E-state index contributed by atoms with van der Waals surface area (Å²) in [6, 6.07) is 10.5. The minimum Gasteiger partial charge on any atom is -0.397 e. The first-order chi connectivity index (χ1) is 8.60. The Labute approximate surface area is 114 Å². The monoisotopic (exact) mass is 282 g/mol. The fourth-order valence-corrected chi connectivity index (χ4v) is 2.08. The summed E-state index contributed by atoms with van der Waals surface area (Å²) in [5, 5.41) is 3.08. The molecule has 0 unspecified atom stereocenters. The number of rotatable bonds is 3. The van der Waals surface area contributed by atoms with Crippen LogP contribution in [0.4, 0.5) is 21.5 Å². The van der Waals surface area contributed by atoms with Crippen LogP contribution in [0.3, 0.4) is 0 Å². The van der Waals surface area contributed by atoms with Gasteiger partial charge in [0, 0.05) is 16.6 Å². The van der Waals surface area contributed by atoms with Gasteiger partial charge in [-0.05, 0) is 36.6 Å². The predicted octanol–water partition coefficient (Wildman–Crippen LogP) is 4.53. The molecular weight excluding hydrogens is 271 g/mol. The van der Waals surface area contributed by atoms with Crippen LogP contribution in [0.15, 0.2) is 41.3 Å². The van der Waals surface area contributed by atoms with E-state index in [0.29, 0.717) is 11.4 Å². The number of hydrogen-bond donors (Lipinski definition) is 2. The Morgan fingerprint density at radius 3 is 2.50 bits per heavy atom. The van der Waals surface area contributed by atoms with Crippen LogP contribution in [0.1, 0.15) is 0 Å². The number of nitrogens with one attached hydrogen (secondary N) is 1. The number of nitrogen functional groups attached to an aromatic ring is 1. The summed E-state index contributed by atoms with van der Waals surface area (Å²) >= 11 is 7.30. The summed E-state index contributed by atoms with van der Waals surface area (Å²) in [7, 11) is 0. The van der Waals surface area contributed by atoms with Gasteiger partial charge in [-0.2, -0.15) is 0 Å². The first-order valence-corrected chi connectivity index (χ1v) is 6.86. The molecule has 0 fully saturated rings. The maximum Gasteiger partial charge on any atom is 0.144 e. The molecule has 18 heavy (non-hydrogen) atoms. The zero-order valence-electron chi connectivity index (χ0n) is 9.71. The van der Waals surface area contributed by atoms with Crippen molar-refractivity contribution >= 4 is 40.4 Å². The summed E-state index contributed by atoms with van der Waals surface area (Å²) < 4.78 is 13.3. The van der Waals surface area contributed by atoms with E-state index in [-0.39, 0.29) is 5.02 Å². The molecule has 0 aromatic heterocycles. The molecule has 94 valence electrons. The molecule has 0 aliphatic rings. The molecule has 2 rings (SSSR count). The standard InChI is InChI=1S/C13H12ClFN2S/c1-18-9-4-2-8(3-5-9)17-13-7-11(15)10(14)6-12(13)16/h2-7,17H,16H2,1H3.